The van der Waals surface area contributed by atoms with Gasteiger partial charge in [0.25, 0.3) is 11.5 Å². The summed E-state index contributed by atoms with van der Waals surface area (Å²) in [4.78, 5) is 46.0. The number of aryl methyl sites for hydroxylation is 2. The molecule has 10 heteroatoms. The van der Waals surface area contributed by atoms with E-state index in [2.05, 4.69) is 15.3 Å². The van der Waals surface area contributed by atoms with E-state index in [4.69, 9.17) is 9.15 Å². The van der Waals surface area contributed by atoms with Crippen LogP contribution in [0.5, 0.6) is 0 Å². The lowest BCUT2D eigenvalue weighted by molar-refractivity contribution is -0.123. The van der Waals surface area contributed by atoms with Gasteiger partial charge in [0, 0.05) is 18.0 Å². The molecule has 0 saturated heterocycles. The molecule has 3 heterocycles. The van der Waals surface area contributed by atoms with Crippen molar-refractivity contribution in [2.45, 2.75) is 20.0 Å². The van der Waals surface area contributed by atoms with Gasteiger partial charge in [-0.25, -0.2) is 14.8 Å². The van der Waals surface area contributed by atoms with Gasteiger partial charge in [-0.05, 0) is 13.8 Å². The number of hydrogen-bond acceptors (Lipinski definition) is 8. The molecule has 0 aliphatic heterocycles. The average molecular weight is 438 g/mol. The van der Waals surface area contributed by atoms with Crippen LogP contribution in [0.3, 0.4) is 0 Å². The van der Waals surface area contributed by atoms with Crippen LogP contribution < -0.4 is 10.9 Å². The van der Waals surface area contributed by atoms with Crippen LogP contribution in [0.4, 0.5) is 5.13 Å². The topological polar surface area (TPSA) is 116 Å². The van der Waals surface area contributed by atoms with E-state index in [1.54, 1.807) is 0 Å². The van der Waals surface area contributed by atoms with Crippen molar-refractivity contribution in [2.75, 3.05) is 5.32 Å². The predicted octanol–water partition coefficient (Wildman–Crippen LogP) is 3.14. The Bertz CT molecular complexity index is 1340. The molecule has 0 aliphatic rings. The van der Waals surface area contributed by atoms with Gasteiger partial charge in [-0.3, -0.25) is 14.9 Å². The van der Waals surface area contributed by atoms with Crippen LogP contribution in [-0.2, 0) is 16.6 Å². The van der Waals surface area contributed by atoms with Crippen molar-refractivity contribution in [3.63, 3.8) is 0 Å². The lowest BCUT2D eigenvalue weighted by Gasteiger charge is -2.12. The molecular weight excluding hydrogens is 420 g/mol. The van der Waals surface area contributed by atoms with Crippen LogP contribution >= 0.6 is 11.3 Å². The Labute approximate surface area is 180 Å². The molecule has 0 spiro atoms. The van der Waals surface area contributed by atoms with Gasteiger partial charge in [0.15, 0.2) is 11.2 Å². The van der Waals surface area contributed by atoms with Crippen molar-refractivity contribution in [1.82, 2.24) is 14.5 Å². The third kappa shape index (κ3) is 3.97. The van der Waals surface area contributed by atoms with E-state index < -0.39 is 23.5 Å². The van der Waals surface area contributed by atoms with Crippen LogP contribution in [0.15, 0.2) is 51.3 Å². The molecular formula is C21H18N4O5S. The van der Waals surface area contributed by atoms with Crippen molar-refractivity contribution in [3.05, 3.63) is 63.7 Å². The second-order valence-corrected chi connectivity index (χ2v) is 7.67. The quantitative estimate of drug-likeness (QED) is 0.476. The van der Waals surface area contributed by atoms with Crippen molar-refractivity contribution in [3.8, 4) is 11.3 Å². The van der Waals surface area contributed by atoms with Crippen molar-refractivity contribution in [2.24, 2.45) is 7.05 Å². The molecule has 1 aromatic carbocycles. The molecule has 0 bridgehead atoms. The van der Waals surface area contributed by atoms with Gasteiger partial charge >= 0.3 is 5.97 Å². The first-order valence-electron chi connectivity index (χ1n) is 9.32. The number of fused-ring (bicyclic) bond motifs is 1. The molecule has 0 fully saturated rings. The number of nitrogens with zero attached hydrogens (tertiary/aromatic N) is 3. The summed E-state index contributed by atoms with van der Waals surface area (Å²) >= 11 is 1.26. The minimum Gasteiger partial charge on any atom is -0.449 e. The largest absolute Gasteiger partial charge is 0.449 e. The maximum Gasteiger partial charge on any atom is 0.343 e. The molecule has 0 saturated carbocycles. The summed E-state index contributed by atoms with van der Waals surface area (Å²) in [6.45, 7) is 2.97. The number of furan rings is 1. The average Bonchev–Trinajstić information content (AvgIpc) is 3.35. The lowest BCUT2D eigenvalue weighted by atomic mass is 10.2. The monoisotopic (exact) mass is 438 g/mol. The van der Waals surface area contributed by atoms with Gasteiger partial charge in [0.2, 0.25) is 5.71 Å². The second-order valence-electron chi connectivity index (χ2n) is 6.81. The minimum atomic E-state index is -1.12. The summed E-state index contributed by atoms with van der Waals surface area (Å²) in [5.74, 6) is -1.19. The fourth-order valence-electron chi connectivity index (χ4n) is 2.99. The number of carbonyl (C=O) groups excluding carboxylic acids is 2. The lowest BCUT2D eigenvalue weighted by Crippen LogP contribution is -2.30. The zero-order chi connectivity index (χ0) is 22.1. The molecule has 3 aromatic heterocycles. The van der Waals surface area contributed by atoms with Gasteiger partial charge in [-0.1, -0.05) is 30.3 Å². The maximum absolute atomic E-state index is 12.7. The van der Waals surface area contributed by atoms with Gasteiger partial charge in [0.1, 0.15) is 23.0 Å². The third-order valence-corrected chi connectivity index (χ3v) is 5.37. The smallest absolute Gasteiger partial charge is 0.343 e. The summed E-state index contributed by atoms with van der Waals surface area (Å²) in [5.41, 5.74) is 1.22. The van der Waals surface area contributed by atoms with Gasteiger partial charge in [-0.15, -0.1) is 11.3 Å². The summed E-state index contributed by atoms with van der Waals surface area (Å²) in [6.07, 6.45) is 0.178. The Morgan fingerprint density at radius 1 is 1.26 bits per heavy atom. The number of ether oxygens (including phenoxy) is 1. The fraction of sp³-hybridized carbons (Fsp3) is 0.190. The molecule has 4 aromatic rings. The highest BCUT2D eigenvalue weighted by atomic mass is 32.1. The molecule has 1 atom stereocenters. The van der Waals surface area contributed by atoms with Crippen LogP contribution in [0.25, 0.3) is 22.4 Å². The maximum atomic E-state index is 12.7. The number of thiazole rings is 1. The van der Waals surface area contributed by atoms with Gasteiger partial charge < -0.3 is 13.7 Å². The third-order valence-electron chi connectivity index (χ3n) is 4.61. The Hall–Kier alpha value is -3.79. The number of benzene rings is 1. The Balaban J connectivity index is 1.49. The Morgan fingerprint density at radius 2 is 2.00 bits per heavy atom. The zero-order valence-corrected chi connectivity index (χ0v) is 17.7. The van der Waals surface area contributed by atoms with Gasteiger partial charge in [-0.2, -0.15) is 0 Å². The molecule has 0 radical (unpaired) electrons. The summed E-state index contributed by atoms with van der Waals surface area (Å²) in [6, 6.07) is 9.55. The number of anilines is 1. The molecule has 1 N–H and O–H groups in total. The molecule has 31 heavy (non-hydrogen) atoms. The summed E-state index contributed by atoms with van der Waals surface area (Å²) in [5, 5.41) is 4.87. The first-order valence-corrected chi connectivity index (χ1v) is 10.2. The Morgan fingerprint density at radius 3 is 2.74 bits per heavy atom. The van der Waals surface area contributed by atoms with Crippen LogP contribution in [0, 0.1) is 6.92 Å². The van der Waals surface area contributed by atoms with Crippen molar-refractivity contribution in [1.29, 1.82) is 0 Å². The van der Waals surface area contributed by atoms with Gasteiger partial charge in [0.05, 0.1) is 5.69 Å². The number of aromatic nitrogens is 3. The fourth-order valence-corrected chi connectivity index (χ4v) is 3.71. The van der Waals surface area contributed by atoms with Crippen LogP contribution in [-0.4, -0.2) is 32.5 Å². The summed E-state index contributed by atoms with van der Waals surface area (Å²) < 4.78 is 11.9. The number of esters is 1. The molecule has 1 unspecified atom stereocenters. The highest BCUT2D eigenvalue weighted by Gasteiger charge is 2.27. The van der Waals surface area contributed by atoms with E-state index in [-0.39, 0.29) is 22.4 Å². The second kappa shape index (κ2) is 8.15. The number of hydrogen-bond donors (Lipinski definition) is 1. The number of rotatable bonds is 5. The van der Waals surface area contributed by atoms with E-state index in [0.717, 1.165) is 11.3 Å². The first kappa shape index (κ1) is 20.5. The SMILES string of the molecule is Cc1oc2ncn(C)c(=O)c2c1C(=O)OC(C)C(=O)Nc1nc(-c2ccccc2)cs1. The number of amides is 1. The predicted molar refractivity (Wildman–Crippen MR) is 115 cm³/mol. The molecule has 4 rings (SSSR count). The highest BCUT2D eigenvalue weighted by Crippen LogP contribution is 2.25. The normalized spacial score (nSPS) is 12.0. The zero-order valence-electron chi connectivity index (χ0n) is 16.9. The Kier molecular flexibility index (Phi) is 5.38. The van der Waals surface area contributed by atoms with Crippen LogP contribution in [0.1, 0.15) is 23.0 Å². The van der Waals surface area contributed by atoms with E-state index in [1.807, 2.05) is 35.7 Å². The highest BCUT2D eigenvalue weighted by molar-refractivity contribution is 7.14. The van der Waals surface area contributed by atoms with Crippen molar-refractivity contribution < 1.29 is 18.7 Å². The van der Waals surface area contributed by atoms with Crippen LogP contribution in [0.2, 0.25) is 0 Å². The summed E-state index contributed by atoms with van der Waals surface area (Å²) in [7, 11) is 1.51. The standard InChI is InChI=1S/C21H18N4O5S/c1-11-15(16-18(29-11)22-10-25(3)19(16)27)20(28)30-12(2)17(26)24-21-23-14(9-31-21)13-7-5-4-6-8-13/h4-10,12H,1-3H3,(H,23,24,26). The minimum absolute atomic E-state index is 0.0209. The number of carbonyl (C=O) groups is 2. The van der Waals surface area contributed by atoms with Crippen molar-refractivity contribution >= 4 is 39.4 Å². The molecule has 9 nitrogen and oxygen atoms in total. The number of nitrogens with one attached hydrogen (secondary N) is 1. The van der Waals surface area contributed by atoms with E-state index in [0.29, 0.717) is 5.13 Å². The first-order chi connectivity index (χ1) is 14.8. The van der Waals surface area contributed by atoms with E-state index >= 15 is 0 Å². The molecule has 0 aliphatic carbocycles. The van der Waals surface area contributed by atoms with E-state index in [9.17, 15) is 14.4 Å². The molecule has 158 valence electrons. The molecule has 1 amide bonds. The van der Waals surface area contributed by atoms with E-state index in [1.165, 1.54) is 43.1 Å².